The maximum atomic E-state index is 6.19. The highest BCUT2D eigenvalue weighted by molar-refractivity contribution is 6.30. The third-order valence-corrected chi connectivity index (χ3v) is 3.65. The van der Waals surface area contributed by atoms with Gasteiger partial charge in [0, 0.05) is 30.0 Å². The van der Waals surface area contributed by atoms with Crippen LogP contribution in [0.3, 0.4) is 0 Å². The second-order valence-electron chi connectivity index (χ2n) is 4.89. The fourth-order valence-corrected chi connectivity index (χ4v) is 2.46. The maximum absolute atomic E-state index is 6.19. The number of nitrogens with zero attached hydrogens (tertiary/aromatic N) is 2. The number of rotatable bonds is 7. The van der Waals surface area contributed by atoms with E-state index in [9.17, 15) is 0 Å². The van der Waals surface area contributed by atoms with Crippen LogP contribution < -0.4 is 10.2 Å². The first kappa shape index (κ1) is 15.8. The van der Waals surface area contributed by atoms with Crippen LogP contribution in [0, 0.1) is 0 Å². The van der Waals surface area contributed by atoms with Crippen molar-refractivity contribution in [2.75, 3.05) is 18.0 Å². The SMILES string of the molecule is CCNCc1ccc(Cl)cc1N(CC)Cc1ccccn1. The predicted molar refractivity (Wildman–Crippen MR) is 89.8 cm³/mol. The minimum Gasteiger partial charge on any atom is -0.366 e. The molecule has 0 aliphatic heterocycles. The summed E-state index contributed by atoms with van der Waals surface area (Å²) in [5.74, 6) is 0. The van der Waals surface area contributed by atoms with Crippen molar-refractivity contribution in [2.45, 2.75) is 26.9 Å². The molecule has 21 heavy (non-hydrogen) atoms. The van der Waals surface area contributed by atoms with E-state index in [0.717, 1.165) is 36.9 Å². The fraction of sp³-hybridized carbons (Fsp3) is 0.353. The lowest BCUT2D eigenvalue weighted by Crippen LogP contribution is -2.25. The number of anilines is 1. The average Bonchev–Trinajstić information content (AvgIpc) is 2.52. The second kappa shape index (κ2) is 8.01. The zero-order chi connectivity index (χ0) is 15.1. The third-order valence-electron chi connectivity index (χ3n) is 3.41. The topological polar surface area (TPSA) is 28.2 Å². The van der Waals surface area contributed by atoms with E-state index in [1.807, 2.05) is 30.5 Å². The van der Waals surface area contributed by atoms with Crippen molar-refractivity contribution in [3.63, 3.8) is 0 Å². The minimum absolute atomic E-state index is 0.768. The van der Waals surface area contributed by atoms with Gasteiger partial charge in [-0.1, -0.05) is 30.7 Å². The van der Waals surface area contributed by atoms with E-state index in [1.165, 1.54) is 11.3 Å². The van der Waals surface area contributed by atoms with Gasteiger partial charge < -0.3 is 10.2 Å². The summed E-state index contributed by atoms with van der Waals surface area (Å²) < 4.78 is 0. The van der Waals surface area contributed by atoms with Crippen LogP contribution in [-0.2, 0) is 13.1 Å². The highest BCUT2D eigenvalue weighted by Gasteiger charge is 2.11. The molecule has 0 saturated carbocycles. The van der Waals surface area contributed by atoms with Crippen molar-refractivity contribution >= 4 is 17.3 Å². The molecule has 2 aromatic rings. The molecule has 0 unspecified atom stereocenters. The zero-order valence-electron chi connectivity index (χ0n) is 12.6. The lowest BCUT2D eigenvalue weighted by molar-refractivity contribution is 0.717. The quantitative estimate of drug-likeness (QED) is 0.841. The zero-order valence-corrected chi connectivity index (χ0v) is 13.4. The molecule has 0 aliphatic carbocycles. The Hall–Kier alpha value is -1.58. The number of hydrogen-bond donors (Lipinski definition) is 1. The van der Waals surface area contributed by atoms with Crippen molar-refractivity contribution in [3.8, 4) is 0 Å². The van der Waals surface area contributed by atoms with Crippen LogP contribution in [0.4, 0.5) is 5.69 Å². The molecule has 0 bridgehead atoms. The molecule has 0 atom stereocenters. The van der Waals surface area contributed by atoms with Crippen molar-refractivity contribution in [1.29, 1.82) is 0 Å². The highest BCUT2D eigenvalue weighted by atomic mass is 35.5. The summed E-state index contributed by atoms with van der Waals surface area (Å²) >= 11 is 6.19. The van der Waals surface area contributed by atoms with Crippen molar-refractivity contribution in [1.82, 2.24) is 10.3 Å². The van der Waals surface area contributed by atoms with Gasteiger partial charge in [-0.3, -0.25) is 4.98 Å². The Morgan fingerprint density at radius 2 is 2.05 bits per heavy atom. The van der Waals surface area contributed by atoms with Crippen LogP contribution in [0.2, 0.25) is 5.02 Å². The number of nitrogens with one attached hydrogen (secondary N) is 1. The van der Waals surface area contributed by atoms with Crippen LogP contribution in [0.25, 0.3) is 0 Å². The van der Waals surface area contributed by atoms with Gasteiger partial charge >= 0.3 is 0 Å². The summed E-state index contributed by atoms with van der Waals surface area (Å²) in [7, 11) is 0. The molecule has 2 rings (SSSR count). The van der Waals surface area contributed by atoms with Gasteiger partial charge in [0.1, 0.15) is 0 Å². The summed E-state index contributed by atoms with van der Waals surface area (Å²) in [6.07, 6.45) is 1.83. The van der Waals surface area contributed by atoms with Crippen LogP contribution in [0.1, 0.15) is 25.1 Å². The maximum Gasteiger partial charge on any atom is 0.0602 e. The monoisotopic (exact) mass is 303 g/mol. The molecular weight excluding hydrogens is 282 g/mol. The molecule has 1 aromatic heterocycles. The third kappa shape index (κ3) is 4.45. The molecule has 0 amide bonds. The largest absolute Gasteiger partial charge is 0.366 e. The molecule has 0 radical (unpaired) electrons. The Kier molecular flexibility index (Phi) is 6.03. The van der Waals surface area contributed by atoms with Gasteiger partial charge in [0.05, 0.1) is 12.2 Å². The molecule has 1 N–H and O–H groups in total. The van der Waals surface area contributed by atoms with Crippen LogP contribution >= 0.6 is 11.6 Å². The van der Waals surface area contributed by atoms with Gasteiger partial charge in [0.15, 0.2) is 0 Å². The summed E-state index contributed by atoms with van der Waals surface area (Å²) in [6.45, 7) is 7.77. The summed E-state index contributed by atoms with van der Waals surface area (Å²) in [5, 5.41) is 4.15. The normalized spacial score (nSPS) is 10.6. The van der Waals surface area contributed by atoms with Gasteiger partial charge in [0.25, 0.3) is 0 Å². The fourth-order valence-electron chi connectivity index (χ4n) is 2.30. The number of halogens is 1. The minimum atomic E-state index is 0.768. The first-order valence-corrected chi connectivity index (χ1v) is 7.76. The predicted octanol–water partition coefficient (Wildman–Crippen LogP) is 3.87. The molecule has 0 aliphatic rings. The van der Waals surface area contributed by atoms with Gasteiger partial charge in [-0.15, -0.1) is 0 Å². The summed E-state index contributed by atoms with van der Waals surface area (Å²) in [4.78, 5) is 6.72. The molecule has 0 fully saturated rings. The smallest absolute Gasteiger partial charge is 0.0602 e. The second-order valence-corrected chi connectivity index (χ2v) is 5.33. The molecule has 4 heteroatoms. The summed E-state index contributed by atoms with van der Waals surface area (Å²) in [5.41, 5.74) is 3.50. The lowest BCUT2D eigenvalue weighted by Gasteiger charge is -2.26. The number of hydrogen-bond acceptors (Lipinski definition) is 3. The van der Waals surface area contributed by atoms with Crippen LogP contribution in [-0.4, -0.2) is 18.1 Å². The van der Waals surface area contributed by atoms with Crippen molar-refractivity contribution in [3.05, 3.63) is 58.9 Å². The summed E-state index contributed by atoms with van der Waals surface area (Å²) in [6, 6.07) is 12.1. The molecule has 0 saturated heterocycles. The molecule has 3 nitrogen and oxygen atoms in total. The Labute approximate surface area is 132 Å². The van der Waals surface area contributed by atoms with E-state index in [-0.39, 0.29) is 0 Å². The molecule has 0 spiro atoms. The van der Waals surface area contributed by atoms with E-state index in [4.69, 9.17) is 11.6 Å². The molecule has 112 valence electrons. The number of benzene rings is 1. The van der Waals surface area contributed by atoms with E-state index < -0.39 is 0 Å². The van der Waals surface area contributed by atoms with E-state index >= 15 is 0 Å². The van der Waals surface area contributed by atoms with Crippen molar-refractivity contribution in [2.24, 2.45) is 0 Å². The van der Waals surface area contributed by atoms with Gasteiger partial charge in [-0.25, -0.2) is 0 Å². The number of pyridine rings is 1. The number of aromatic nitrogens is 1. The van der Waals surface area contributed by atoms with E-state index in [0.29, 0.717) is 0 Å². The standard InChI is InChI=1S/C17H22ClN3/c1-3-19-12-14-8-9-15(18)11-17(14)21(4-2)13-16-7-5-6-10-20-16/h5-11,19H,3-4,12-13H2,1-2H3. The Morgan fingerprint density at radius 1 is 1.19 bits per heavy atom. The van der Waals surface area contributed by atoms with Gasteiger partial charge in [-0.05, 0) is 43.3 Å². The Bertz CT molecular complexity index is 557. The average molecular weight is 304 g/mol. The van der Waals surface area contributed by atoms with Crippen LogP contribution in [0.15, 0.2) is 42.6 Å². The Morgan fingerprint density at radius 3 is 2.71 bits per heavy atom. The van der Waals surface area contributed by atoms with Crippen LogP contribution in [0.5, 0.6) is 0 Å². The van der Waals surface area contributed by atoms with E-state index in [2.05, 4.69) is 41.2 Å². The van der Waals surface area contributed by atoms with Crippen molar-refractivity contribution < 1.29 is 0 Å². The molecule has 1 aromatic carbocycles. The Balaban J connectivity index is 2.25. The lowest BCUT2D eigenvalue weighted by atomic mass is 10.1. The highest BCUT2D eigenvalue weighted by Crippen LogP contribution is 2.26. The van der Waals surface area contributed by atoms with Gasteiger partial charge in [0.2, 0.25) is 0 Å². The van der Waals surface area contributed by atoms with E-state index in [1.54, 1.807) is 0 Å². The molecular formula is C17H22ClN3. The van der Waals surface area contributed by atoms with Gasteiger partial charge in [-0.2, -0.15) is 0 Å². The molecule has 1 heterocycles. The first-order chi connectivity index (χ1) is 10.2. The first-order valence-electron chi connectivity index (χ1n) is 7.38.